The molecule has 10 rings (SSSR count). The van der Waals surface area contributed by atoms with Crippen LogP contribution in [0.3, 0.4) is 0 Å². The van der Waals surface area contributed by atoms with E-state index in [1.807, 2.05) is 146 Å². The average Bonchev–Trinajstić information content (AvgIpc) is 4.01. The summed E-state index contributed by atoms with van der Waals surface area (Å²) < 4.78 is 29.2. The van der Waals surface area contributed by atoms with Crippen molar-refractivity contribution in [1.29, 1.82) is 0 Å². The molecule has 0 saturated heterocycles. The quantitative estimate of drug-likeness (QED) is 0.110. The fraction of sp³-hybridized carbons (Fsp3) is 0.131. The lowest BCUT2D eigenvalue weighted by molar-refractivity contribution is 0.145. The number of hydrogen-bond acceptors (Lipinski definition) is 9. The summed E-state index contributed by atoms with van der Waals surface area (Å²) in [6, 6.07) is 62.1. The van der Waals surface area contributed by atoms with Gasteiger partial charge in [0.1, 0.15) is 34.4 Å². The molecule has 72 heavy (non-hydrogen) atoms. The normalized spacial score (nSPS) is 11.5. The van der Waals surface area contributed by atoms with Gasteiger partial charge < -0.3 is 18.9 Å². The summed E-state index contributed by atoms with van der Waals surface area (Å²) in [4.78, 5) is 23.8. The molecule has 0 amide bonds. The Balaban J connectivity index is 1.11. The van der Waals surface area contributed by atoms with Crippen LogP contribution >= 0.6 is 0 Å². The first-order valence-corrected chi connectivity index (χ1v) is 23.7. The maximum atomic E-state index is 14.6. The van der Waals surface area contributed by atoms with Crippen LogP contribution < -0.4 is 18.9 Å². The highest BCUT2D eigenvalue weighted by Gasteiger charge is 2.31. The van der Waals surface area contributed by atoms with Crippen molar-refractivity contribution in [3.63, 3.8) is 0 Å². The molecule has 0 aliphatic heterocycles. The number of nitrogens with zero attached hydrogens (tertiary/aromatic N) is 6. The number of hydrogen-bond donors (Lipinski definition) is 0. The Labute approximate surface area is 418 Å². The monoisotopic (exact) mass is 948 g/mol. The summed E-state index contributed by atoms with van der Waals surface area (Å²) in [5, 5.41) is 10.3. The van der Waals surface area contributed by atoms with Crippen molar-refractivity contribution in [2.24, 2.45) is 0 Å². The van der Waals surface area contributed by atoms with Gasteiger partial charge in [-0.25, -0.2) is 14.8 Å². The molecular formula is C61H52N6O5. The number of carbonyl (C=O) groups is 1. The molecule has 11 nitrogen and oxygen atoms in total. The predicted octanol–water partition coefficient (Wildman–Crippen LogP) is 15.3. The van der Waals surface area contributed by atoms with Crippen molar-refractivity contribution in [2.45, 2.75) is 52.4 Å². The van der Waals surface area contributed by atoms with E-state index in [1.54, 1.807) is 36.7 Å². The van der Waals surface area contributed by atoms with Crippen LogP contribution in [0.25, 0.3) is 56.4 Å². The van der Waals surface area contributed by atoms with Gasteiger partial charge in [0.05, 0.1) is 0 Å². The maximum Gasteiger partial charge on any atom is 0.522 e. The van der Waals surface area contributed by atoms with Gasteiger partial charge in [0, 0.05) is 46.8 Å². The maximum absolute atomic E-state index is 14.6. The highest BCUT2D eigenvalue weighted by atomic mass is 16.7. The van der Waals surface area contributed by atoms with E-state index in [0.717, 1.165) is 44.5 Å². The number of aromatic nitrogens is 6. The fourth-order valence-electron chi connectivity index (χ4n) is 8.63. The Morgan fingerprint density at radius 3 is 1.14 bits per heavy atom. The van der Waals surface area contributed by atoms with E-state index in [4.69, 9.17) is 29.1 Å². The molecule has 0 spiro atoms. The predicted molar refractivity (Wildman–Crippen MR) is 282 cm³/mol. The summed E-state index contributed by atoms with van der Waals surface area (Å²) in [5.74, 6) is 3.41. The number of para-hydroxylation sites is 2. The van der Waals surface area contributed by atoms with Gasteiger partial charge in [0.15, 0.2) is 11.6 Å². The van der Waals surface area contributed by atoms with Gasteiger partial charge in [-0.1, -0.05) is 175 Å². The number of carbonyl (C=O) groups excluding carboxylic acids is 1. The van der Waals surface area contributed by atoms with Crippen LogP contribution in [0.4, 0.5) is 4.79 Å². The molecule has 0 aliphatic carbocycles. The minimum atomic E-state index is -1.05. The number of benzene rings is 6. The highest BCUT2D eigenvalue weighted by molar-refractivity contribution is 5.87. The van der Waals surface area contributed by atoms with Crippen molar-refractivity contribution in [1.82, 2.24) is 29.5 Å². The third-order valence-corrected chi connectivity index (χ3v) is 12.0. The second-order valence-corrected chi connectivity index (χ2v) is 19.2. The SMILES string of the molecule is CC(C)(C)c1ccc(-c2ccccc2)c(Oc2ccccc2)c1-c1cc(OC(=O)Oc2cc(-c3c(C(C)(C)C)ccc(-c4ccccc4)c3Oc3ccccc3)nn2-c2ccccn2)n(-c2ccccn2)n1. The molecule has 0 saturated carbocycles. The largest absolute Gasteiger partial charge is 0.522 e. The van der Waals surface area contributed by atoms with Crippen LogP contribution in [0.1, 0.15) is 52.7 Å². The van der Waals surface area contributed by atoms with Gasteiger partial charge in [-0.15, -0.1) is 0 Å². The van der Waals surface area contributed by atoms with Crippen LogP contribution in [-0.4, -0.2) is 35.7 Å². The highest BCUT2D eigenvalue weighted by Crippen LogP contribution is 2.49. The van der Waals surface area contributed by atoms with Crippen molar-refractivity contribution in [3.8, 4) is 91.2 Å². The van der Waals surface area contributed by atoms with Gasteiger partial charge in [-0.2, -0.15) is 19.6 Å². The molecule has 0 fully saturated rings. The van der Waals surface area contributed by atoms with Crippen LogP contribution in [0, 0.1) is 0 Å². The molecule has 356 valence electrons. The summed E-state index contributed by atoms with van der Waals surface area (Å²) in [6.07, 6.45) is 2.26. The molecular weight excluding hydrogens is 897 g/mol. The lowest BCUT2D eigenvalue weighted by Crippen LogP contribution is -2.18. The Morgan fingerprint density at radius 1 is 0.431 bits per heavy atom. The second-order valence-electron chi connectivity index (χ2n) is 19.2. The lowest BCUT2D eigenvalue weighted by atomic mass is 9.81. The summed E-state index contributed by atoms with van der Waals surface area (Å²) in [5.41, 5.74) is 7.20. The third kappa shape index (κ3) is 9.86. The van der Waals surface area contributed by atoms with E-state index in [9.17, 15) is 4.79 Å². The van der Waals surface area contributed by atoms with E-state index < -0.39 is 6.16 Å². The first-order valence-electron chi connectivity index (χ1n) is 23.7. The Bertz CT molecular complexity index is 3250. The molecule has 0 radical (unpaired) electrons. The molecule has 4 aromatic heterocycles. The molecule has 4 heterocycles. The van der Waals surface area contributed by atoms with Crippen molar-refractivity contribution >= 4 is 6.16 Å². The van der Waals surface area contributed by atoms with Crippen LogP contribution in [0.2, 0.25) is 0 Å². The topological polar surface area (TPSA) is 115 Å². The molecule has 0 atom stereocenters. The van der Waals surface area contributed by atoms with Gasteiger partial charge in [-0.05, 0) is 81.6 Å². The van der Waals surface area contributed by atoms with Crippen LogP contribution in [0.5, 0.6) is 34.8 Å². The minimum Gasteiger partial charge on any atom is -0.456 e. The Kier molecular flexibility index (Phi) is 12.8. The fourth-order valence-corrected chi connectivity index (χ4v) is 8.63. The van der Waals surface area contributed by atoms with Gasteiger partial charge in [0.2, 0.25) is 11.8 Å². The van der Waals surface area contributed by atoms with E-state index in [2.05, 4.69) is 75.8 Å². The first-order chi connectivity index (χ1) is 34.9. The van der Waals surface area contributed by atoms with E-state index >= 15 is 0 Å². The van der Waals surface area contributed by atoms with Crippen molar-refractivity contribution in [3.05, 3.63) is 218 Å². The van der Waals surface area contributed by atoms with Crippen LogP contribution in [0.15, 0.2) is 207 Å². The molecule has 0 bridgehead atoms. The van der Waals surface area contributed by atoms with Crippen LogP contribution in [-0.2, 0) is 10.8 Å². The molecule has 10 aromatic rings. The minimum absolute atomic E-state index is 0.0533. The third-order valence-electron chi connectivity index (χ3n) is 12.0. The molecule has 0 N–H and O–H groups in total. The second kappa shape index (κ2) is 19.7. The Hall–Kier alpha value is -9.09. The van der Waals surface area contributed by atoms with Gasteiger partial charge in [0.25, 0.3) is 0 Å². The van der Waals surface area contributed by atoms with E-state index in [-0.39, 0.29) is 22.6 Å². The number of pyridine rings is 2. The average molecular weight is 949 g/mol. The molecule has 6 aromatic carbocycles. The van der Waals surface area contributed by atoms with Crippen molar-refractivity contribution < 1.29 is 23.7 Å². The standard InChI is InChI=1S/C61H52N6O5/c1-60(2,3)47-35-33-45(41-23-11-7-12-24-41)57(69-43-27-15-9-16-28-43)55(47)49-39-53(66(64-49)51-31-19-21-37-62-51)71-59(68)72-54-40-50(65-67(54)52-32-20-22-38-63-52)56-48(61(4,5)6)36-34-46(42-25-13-8-14-26-42)58(56)70-44-29-17-10-18-30-44/h7-40H,1-6H3. The zero-order valence-corrected chi connectivity index (χ0v) is 40.9. The zero-order valence-electron chi connectivity index (χ0n) is 40.9. The summed E-state index contributed by atoms with van der Waals surface area (Å²) >= 11 is 0. The van der Waals surface area contributed by atoms with Crippen molar-refractivity contribution in [2.75, 3.05) is 0 Å². The lowest BCUT2D eigenvalue weighted by Gasteiger charge is -2.26. The molecule has 0 unspecified atom stereocenters. The number of rotatable bonds is 12. The van der Waals surface area contributed by atoms with Gasteiger partial charge >= 0.3 is 6.16 Å². The number of ether oxygens (including phenoxy) is 4. The smallest absolute Gasteiger partial charge is 0.456 e. The summed E-state index contributed by atoms with van der Waals surface area (Å²) in [6.45, 7) is 12.9. The molecule has 11 heteroatoms. The van der Waals surface area contributed by atoms with E-state index in [0.29, 0.717) is 46.0 Å². The Morgan fingerprint density at radius 2 is 0.792 bits per heavy atom. The zero-order chi connectivity index (χ0) is 49.8. The summed E-state index contributed by atoms with van der Waals surface area (Å²) in [7, 11) is 0. The molecule has 0 aliphatic rings. The van der Waals surface area contributed by atoms with E-state index in [1.165, 1.54) is 9.36 Å². The van der Waals surface area contributed by atoms with Gasteiger partial charge in [-0.3, -0.25) is 0 Å². The first kappa shape index (κ1) is 46.6.